The molecule has 2 aliphatic carbocycles. The van der Waals surface area contributed by atoms with Gasteiger partial charge in [0.1, 0.15) is 0 Å². The lowest BCUT2D eigenvalue weighted by atomic mass is 9.55. The molecule has 3 heteroatoms. The fraction of sp³-hybridized carbons (Fsp3) is 0.244. The van der Waals surface area contributed by atoms with Crippen LogP contribution in [0.4, 0.5) is 5.69 Å². The lowest BCUT2D eigenvalue weighted by molar-refractivity contribution is 0.360. The highest BCUT2D eigenvalue weighted by Crippen LogP contribution is 2.62. The minimum Gasteiger partial charge on any atom is -0.342 e. The van der Waals surface area contributed by atoms with Crippen LogP contribution in [0.25, 0.3) is 22.3 Å². The lowest BCUT2D eigenvalue weighted by Gasteiger charge is -2.46. The van der Waals surface area contributed by atoms with Gasteiger partial charge in [0.2, 0.25) is 5.96 Å². The Morgan fingerprint density at radius 2 is 1.18 bits per heavy atom. The predicted octanol–water partition coefficient (Wildman–Crippen LogP) is 8.63. The maximum absolute atomic E-state index is 4.95. The molecule has 3 nitrogen and oxygen atoms in total. The molecule has 1 fully saturated rings. The Morgan fingerprint density at radius 3 is 1.95 bits per heavy atom. The van der Waals surface area contributed by atoms with Crippen molar-refractivity contribution in [1.29, 1.82) is 0 Å². The van der Waals surface area contributed by atoms with Crippen LogP contribution in [0.15, 0.2) is 120 Å². The summed E-state index contributed by atoms with van der Waals surface area (Å²) >= 11 is 0. The van der Waals surface area contributed by atoms with Crippen LogP contribution in [0.1, 0.15) is 60.1 Å². The fourth-order valence-corrected chi connectivity index (χ4v) is 8.77. The maximum atomic E-state index is 4.95. The standard InChI is InChI=1S/C41H37N3/c1-40(2)35-16-5-7-18-37(35)41(38-19-8-6-17-36(38)40)33-15-4-3-14-31(33)32-27-29(20-21-34(32)41)28-12-9-13-30(26-28)44-25-11-24-43-23-10-22-42-39(43)44/h3-9,12-21,26-27H,10-11,22-25H2,1-2H3. The first-order valence-corrected chi connectivity index (χ1v) is 16.2. The highest BCUT2D eigenvalue weighted by molar-refractivity contribution is 5.98. The van der Waals surface area contributed by atoms with Crippen molar-refractivity contribution in [3.8, 4) is 22.3 Å². The average Bonchev–Trinajstić information content (AvgIpc) is 3.38. The smallest absolute Gasteiger partial charge is 0.201 e. The third kappa shape index (κ3) is 3.41. The summed E-state index contributed by atoms with van der Waals surface area (Å²) < 4.78 is 0. The first-order chi connectivity index (χ1) is 21.6. The third-order valence-corrected chi connectivity index (χ3v) is 10.7. The average molecular weight is 572 g/mol. The molecule has 1 spiro atoms. The summed E-state index contributed by atoms with van der Waals surface area (Å²) in [5.41, 5.74) is 14.4. The van der Waals surface area contributed by atoms with E-state index in [9.17, 15) is 0 Å². The van der Waals surface area contributed by atoms with Gasteiger partial charge in [-0.1, -0.05) is 111 Å². The molecule has 2 aliphatic heterocycles. The van der Waals surface area contributed by atoms with Gasteiger partial charge in [-0.15, -0.1) is 0 Å². The second-order valence-corrected chi connectivity index (χ2v) is 13.3. The van der Waals surface area contributed by atoms with E-state index in [4.69, 9.17) is 4.99 Å². The van der Waals surface area contributed by atoms with Crippen LogP contribution >= 0.6 is 0 Å². The molecule has 5 aromatic rings. The van der Waals surface area contributed by atoms with E-state index in [1.54, 1.807) is 0 Å². The zero-order chi connectivity index (χ0) is 29.5. The quantitative estimate of drug-likeness (QED) is 0.207. The van der Waals surface area contributed by atoms with E-state index in [2.05, 4.69) is 139 Å². The molecule has 0 radical (unpaired) electrons. The highest BCUT2D eigenvalue weighted by Gasteiger charge is 2.53. The highest BCUT2D eigenvalue weighted by atomic mass is 15.4. The van der Waals surface area contributed by atoms with Crippen molar-refractivity contribution in [2.24, 2.45) is 4.99 Å². The Morgan fingerprint density at radius 1 is 0.545 bits per heavy atom. The minimum absolute atomic E-state index is 0.0802. The van der Waals surface area contributed by atoms with Gasteiger partial charge in [-0.25, -0.2) is 0 Å². The molecule has 0 unspecified atom stereocenters. The molecule has 0 N–H and O–H groups in total. The SMILES string of the molecule is CC1(C)c2ccccc2C2(c3ccccc3-c3cc(-c4cccc(N5CCCN6CCCN=C65)c4)ccc32)c2ccccc21. The second kappa shape index (κ2) is 9.43. The Bertz CT molecular complexity index is 1930. The van der Waals surface area contributed by atoms with Gasteiger partial charge in [0.25, 0.3) is 0 Å². The molecule has 5 aromatic carbocycles. The molecular weight excluding hydrogens is 534 g/mol. The van der Waals surface area contributed by atoms with Gasteiger partial charge in [-0.05, 0) is 86.7 Å². The van der Waals surface area contributed by atoms with Gasteiger partial charge in [0.05, 0.1) is 5.41 Å². The molecule has 0 atom stereocenters. The van der Waals surface area contributed by atoms with E-state index >= 15 is 0 Å². The minimum atomic E-state index is -0.342. The molecule has 44 heavy (non-hydrogen) atoms. The van der Waals surface area contributed by atoms with Crippen molar-refractivity contribution in [2.45, 2.75) is 37.5 Å². The van der Waals surface area contributed by atoms with Crippen molar-refractivity contribution >= 4 is 11.6 Å². The number of guanidine groups is 1. The second-order valence-electron chi connectivity index (χ2n) is 13.3. The van der Waals surface area contributed by atoms with E-state index in [0.29, 0.717) is 0 Å². The number of hydrogen-bond acceptors (Lipinski definition) is 3. The first kappa shape index (κ1) is 25.8. The van der Waals surface area contributed by atoms with Gasteiger partial charge in [0, 0.05) is 37.3 Å². The van der Waals surface area contributed by atoms with E-state index in [-0.39, 0.29) is 10.8 Å². The number of aliphatic imine (C=N–C) groups is 1. The first-order valence-electron chi connectivity index (χ1n) is 16.2. The lowest BCUT2D eigenvalue weighted by Crippen LogP contribution is -2.52. The molecule has 1 saturated heterocycles. The molecule has 0 saturated carbocycles. The van der Waals surface area contributed by atoms with E-state index in [1.165, 1.54) is 67.7 Å². The maximum Gasteiger partial charge on any atom is 0.201 e. The summed E-state index contributed by atoms with van der Waals surface area (Å²) in [6, 6.07) is 43.8. The Labute approximate surface area is 260 Å². The number of benzene rings is 5. The Kier molecular flexibility index (Phi) is 5.54. The third-order valence-electron chi connectivity index (χ3n) is 10.7. The van der Waals surface area contributed by atoms with Crippen LogP contribution in [0.2, 0.25) is 0 Å². The largest absolute Gasteiger partial charge is 0.342 e. The number of rotatable bonds is 2. The zero-order valence-corrected chi connectivity index (χ0v) is 25.6. The molecule has 216 valence electrons. The van der Waals surface area contributed by atoms with Crippen molar-refractivity contribution in [1.82, 2.24) is 4.90 Å². The van der Waals surface area contributed by atoms with Crippen LogP contribution in [-0.4, -0.2) is 37.0 Å². The van der Waals surface area contributed by atoms with Crippen molar-refractivity contribution in [3.05, 3.63) is 149 Å². The number of fused-ring (bicyclic) bond motifs is 10. The van der Waals surface area contributed by atoms with Gasteiger partial charge in [0.15, 0.2) is 0 Å². The monoisotopic (exact) mass is 571 g/mol. The number of hydrogen-bond donors (Lipinski definition) is 0. The summed E-state index contributed by atoms with van der Waals surface area (Å²) in [5, 5.41) is 0. The Balaban J connectivity index is 1.24. The van der Waals surface area contributed by atoms with Crippen LogP contribution in [0.5, 0.6) is 0 Å². The summed E-state index contributed by atoms with van der Waals surface area (Å²) in [4.78, 5) is 9.84. The van der Waals surface area contributed by atoms with E-state index in [1.807, 2.05) is 0 Å². The molecule has 0 amide bonds. The molecule has 0 aromatic heterocycles. The zero-order valence-electron chi connectivity index (χ0n) is 25.6. The molecule has 9 rings (SSSR count). The molecule has 2 heterocycles. The van der Waals surface area contributed by atoms with E-state index in [0.717, 1.165) is 38.6 Å². The van der Waals surface area contributed by atoms with Crippen LogP contribution < -0.4 is 4.90 Å². The topological polar surface area (TPSA) is 18.8 Å². The Hall–Kier alpha value is -4.63. The van der Waals surface area contributed by atoms with Gasteiger partial charge >= 0.3 is 0 Å². The van der Waals surface area contributed by atoms with Crippen LogP contribution in [-0.2, 0) is 10.8 Å². The van der Waals surface area contributed by atoms with Gasteiger partial charge in [-0.3, -0.25) is 4.99 Å². The predicted molar refractivity (Wildman–Crippen MR) is 182 cm³/mol. The molecule has 0 bridgehead atoms. The van der Waals surface area contributed by atoms with E-state index < -0.39 is 0 Å². The summed E-state index contributed by atoms with van der Waals surface area (Å²) in [6.45, 7) is 8.95. The van der Waals surface area contributed by atoms with Crippen LogP contribution in [0, 0.1) is 0 Å². The summed E-state index contributed by atoms with van der Waals surface area (Å²) in [7, 11) is 0. The summed E-state index contributed by atoms with van der Waals surface area (Å²) in [6.07, 6.45) is 2.32. The van der Waals surface area contributed by atoms with Crippen molar-refractivity contribution in [2.75, 3.05) is 31.1 Å². The van der Waals surface area contributed by atoms with Gasteiger partial charge in [-0.2, -0.15) is 0 Å². The fourth-order valence-electron chi connectivity index (χ4n) is 8.77. The summed E-state index contributed by atoms with van der Waals surface area (Å²) in [5.74, 6) is 1.15. The number of anilines is 1. The van der Waals surface area contributed by atoms with Crippen molar-refractivity contribution in [3.63, 3.8) is 0 Å². The normalized spacial score (nSPS) is 18.5. The number of nitrogens with zero attached hydrogens (tertiary/aromatic N) is 3. The molecular formula is C41H37N3. The van der Waals surface area contributed by atoms with Crippen molar-refractivity contribution < 1.29 is 0 Å². The van der Waals surface area contributed by atoms with Gasteiger partial charge < -0.3 is 9.80 Å². The van der Waals surface area contributed by atoms with Crippen LogP contribution in [0.3, 0.4) is 0 Å². The molecule has 4 aliphatic rings.